The van der Waals surface area contributed by atoms with Crippen molar-refractivity contribution in [2.24, 2.45) is 0 Å². The Morgan fingerprint density at radius 1 is 1.36 bits per heavy atom. The lowest BCUT2D eigenvalue weighted by Crippen LogP contribution is -2.06. The van der Waals surface area contributed by atoms with Gasteiger partial charge in [0.05, 0.1) is 11.5 Å². The van der Waals surface area contributed by atoms with Gasteiger partial charge in [0.15, 0.2) is 0 Å². The van der Waals surface area contributed by atoms with Gasteiger partial charge in [-0.05, 0) is 49.4 Å². The van der Waals surface area contributed by atoms with Crippen molar-refractivity contribution < 1.29 is 0 Å². The topological polar surface area (TPSA) is 23.8 Å². The molecule has 0 amide bonds. The van der Waals surface area contributed by atoms with Crippen LogP contribution in [-0.2, 0) is 5.41 Å². The van der Waals surface area contributed by atoms with E-state index in [1.165, 1.54) is 16.7 Å². The molecule has 0 saturated heterocycles. The zero-order valence-electron chi connectivity index (χ0n) is 8.39. The summed E-state index contributed by atoms with van der Waals surface area (Å²) >= 11 is 3.56. The molecule has 1 nitrogen and oxygen atoms in total. The van der Waals surface area contributed by atoms with Crippen LogP contribution in [-0.4, -0.2) is 0 Å². The largest absolute Gasteiger partial charge is 0.197 e. The van der Waals surface area contributed by atoms with E-state index < -0.39 is 0 Å². The molecule has 1 saturated carbocycles. The van der Waals surface area contributed by atoms with Gasteiger partial charge in [0, 0.05) is 4.47 Å². The highest BCUT2D eigenvalue weighted by atomic mass is 79.9. The van der Waals surface area contributed by atoms with Crippen molar-refractivity contribution in [2.45, 2.75) is 32.1 Å². The van der Waals surface area contributed by atoms with Gasteiger partial charge in [-0.15, -0.1) is 0 Å². The summed E-state index contributed by atoms with van der Waals surface area (Å²) in [7, 11) is 0. The van der Waals surface area contributed by atoms with Crippen molar-refractivity contribution in [2.75, 3.05) is 0 Å². The van der Waals surface area contributed by atoms with E-state index in [1.54, 1.807) is 0 Å². The van der Waals surface area contributed by atoms with E-state index in [0.29, 0.717) is 0 Å². The van der Waals surface area contributed by atoms with Crippen molar-refractivity contribution in [3.05, 3.63) is 33.3 Å². The highest BCUT2D eigenvalue weighted by molar-refractivity contribution is 9.10. The van der Waals surface area contributed by atoms with Gasteiger partial charge >= 0.3 is 0 Å². The van der Waals surface area contributed by atoms with Crippen molar-refractivity contribution in [1.82, 2.24) is 0 Å². The van der Waals surface area contributed by atoms with Gasteiger partial charge in [-0.25, -0.2) is 0 Å². The molecule has 14 heavy (non-hydrogen) atoms. The summed E-state index contributed by atoms with van der Waals surface area (Å²) in [4.78, 5) is 0. The van der Waals surface area contributed by atoms with Gasteiger partial charge in [-0.3, -0.25) is 0 Å². The lowest BCUT2D eigenvalue weighted by Gasteiger charge is -2.13. The minimum Gasteiger partial charge on any atom is -0.197 e. The van der Waals surface area contributed by atoms with Crippen LogP contribution in [0.5, 0.6) is 0 Å². The molecule has 1 aliphatic carbocycles. The summed E-state index contributed by atoms with van der Waals surface area (Å²) in [5.41, 5.74) is 3.49. The highest BCUT2D eigenvalue weighted by Gasteiger charge is 2.46. The SMILES string of the molecule is Cc1cc(C)c(C2(C#N)CC2)c(Br)c1. The molecule has 0 radical (unpaired) electrons. The van der Waals surface area contributed by atoms with Crippen LogP contribution in [0.4, 0.5) is 0 Å². The number of rotatable bonds is 1. The Hall–Kier alpha value is -0.810. The number of benzene rings is 1. The molecule has 1 fully saturated rings. The smallest absolute Gasteiger partial charge is 0.0837 e. The van der Waals surface area contributed by atoms with E-state index in [4.69, 9.17) is 5.26 Å². The molecule has 0 spiro atoms. The summed E-state index contributed by atoms with van der Waals surface area (Å²) in [6, 6.07) is 6.69. The molecule has 72 valence electrons. The van der Waals surface area contributed by atoms with Crippen molar-refractivity contribution in [3.8, 4) is 6.07 Å². The van der Waals surface area contributed by atoms with E-state index >= 15 is 0 Å². The van der Waals surface area contributed by atoms with Gasteiger partial charge in [0.1, 0.15) is 0 Å². The molecule has 0 aliphatic heterocycles. The molecule has 0 aromatic heterocycles. The Labute approximate surface area is 92.9 Å². The van der Waals surface area contributed by atoms with E-state index in [-0.39, 0.29) is 5.41 Å². The Kier molecular flexibility index (Phi) is 2.16. The first-order valence-corrected chi connectivity index (χ1v) is 5.57. The Morgan fingerprint density at radius 3 is 2.43 bits per heavy atom. The Bertz CT molecular complexity index is 401. The fourth-order valence-electron chi connectivity index (χ4n) is 2.06. The van der Waals surface area contributed by atoms with Crippen molar-refractivity contribution in [3.63, 3.8) is 0 Å². The van der Waals surface area contributed by atoms with Crippen molar-refractivity contribution in [1.29, 1.82) is 5.26 Å². The summed E-state index contributed by atoms with van der Waals surface area (Å²) in [5.74, 6) is 0. The lowest BCUT2D eigenvalue weighted by atomic mass is 9.92. The Morgan fingerprint density at radius 2 is 2.00 bits per heavy atom. The van der Waals surface area contributed by atoms with E-state index in [1.807, 2.05) is 0 Å². The molecule has 0 unspecified atom stereocenters. The van der Waals surface area contributed by atoms with E-state index in [2.05, 4.69) is 48.0 Å². The van der Waals surface area contributed by atoms with Gasteiger partial charge in [0.25, 0.3) is 0 Å². The number of nitriles is 1. The molecule has 2 rings (SSSR count). The zero-order chi connectivity index (χ0) is 10.3. The summed E-state index contributed by atoms with van der Waals surface area (Å²) < 4.78 is 1.09. The van der Waals surface area contributed by atoms with Gasteiger partial charge in [-0.1, -0.05) is 22.0 Å². The average molecular weight is 250 g/mol. The third-order valence-corrected chi connectivity index (χ3v) is 3.50. The summed E-state index contributed by atoms with van der Waals surface area (Å²) in [6.45, 7) is 4.16. The molecule has 1 aromatic rings. The second kappa shape index (κ2) is 3.10. The second-order valence-electron chi connectivity index (χ2n) is 4.13. The molecular weight excluding hydrogens is 238 g/mol. The summed E-state index contributed by atoms with van der Waals surface area (Å²) in [5, 5.41) is 9.16. The number of hydrogen-bond acceptors (Lipinski definition) is 1. The van der Waals surface area contributed by atoms with Crippen LogP contribution in [0.25, 0.3) is 0 Å². The number of aryl methyl sites for hydroxylation is 2. The molecule has 0 atom stereocenters. The van der Waals surface area contributed by atoms with Crippen LogP contribution in [0.15, 0.2) is 16.6 Å². The monoisotopic (exact) mass is 249 g/mol. The molecule has 0 bridgehead atoms. The third-order valence-electron chi connectivity index (χ3n) is 2.87. The standard InChI is InChI=1S/C12H12BrN/c1-8-5-9(2)11(10(13)6-8)12(7-14)3-4-12/h5-6H,3-4H2,1-2H3. The highest BCUT2D eigenvalue weighted by Crippen LogP contribution is 2.51. The minimum atomic E-state index is -0.184. The van der Waals surface area contributed by atoms with Crippen LogP contribution in [0.2, 0.25) is 0 Å². The first kappa shape index (κ1) is 9.73. The maximum absolute atomic E-state index is 9.16. The minimum absolute atomic E-state index is 0.184. The quantitative estimate of drug-likeness (QED) is 0.746. The van der Waals surface area contributed by atoms with Crippen LogP contribution in [0.1, 0.15) is 29.5 Å². The molecule has 0 N–H and O–H groups in total. The molecule has 1 aromatic carbocycles. The maximum Gasteiger partial charge on any atom is 0.0837 e. The fraction of sp³-hybridized carbons (Fsp3) is 0.417. The second-order valence-corrected chi connectivity index (χ2v) is 4.99. The Balaban J connectivity index is 2.60. The lowest BCUT2D eigenvalue weighted by molar-refractivity contribution is 0.886. The zero-order valence-corrected chi connectivity index (χ0v) is 9.98. The molecule has 0 heterocycles. The normalized spacial score (nSPS) is 17.6. The number of halogens is 1. The molecule has 2 heteroatoms. The van der Waals surface area contributed by atoms with E-state index in [0.717, 1.165) is 17.3 Å². The number of nitrogens with zero attached hydrogens (tertiary/aromatic N) is 1. The van der Waals surface area contributed by atoms with Crippen LogP contribution < -0.4 is 0 Å². The summed E-state index contributed by atoms with van der Waals surface area (Å²) in [6.07, 6.45) is 2.01. The molecule has 1 aliphatic rings. The van der Waals surface area contributed by atoms with Crippen LogP contribution in [0.3, 0.4) is 0 Å². The third kappa shape index (κ3) is 1.36. The molecular formula is C12H12BrN. The first-order valence-electron chi connectivity index (χ1n) is 4.77. The van der Waals surface area contributed by atoms with Gasteiger partial charge in [-0.2, -0.15) is 5.26 Å². The maximum atomic E-state index is 9.16. The fourth-order valence-corrected chi connectivity index (χ4v) is 3.12. The van der Waals surface area contributed by atoms with E-state index in [9.17, 15) is 0 Å². The van der Waals surface area contributed by atoms with Gasteiger partial charge < -0.3 is 0 Å². The van der Waals surface area contributed by atoms with Crippen molar-refractivity contribution >= 4 is 15.9 Å². The predicted molar refractivity (Wildman–Crippen MR) is 60.1 cm³/mol. The average Bonchev–Trinajstić information content (AvgIpc) is 2.83. The van der Waals surface area contributed by atoms with Gasteiger partial charge in [0.2, 0.25) is 0 Å². The van der Waals surface area contributed by atoms with Crippen LogP contribution in [0, 0.1) is 25.2 Å². The number of hydrogen-bond donors (Lipinski definition) is 0. The first-order chi connectivity index (χ1) is 6.59. The predicted octanol–water partition coefficient (Wildman–Crippen LogP) is 3.62. The van der Waals surface area contributed by atoms with Crippen LogP contribution >= 0.6 is 15.9 Å².